The molecule has 0 bridgehead atoms. The number of hydrogen-bond donors (Lipinski definition) is 1. The zero-order valence-corrected chi connectivity index (χ0v) is 24.5. The van der Waals surface area contributed by atoms with Crippen LogP contribution in [-0.2, 0) is 24.9 Å². The van der Waals surface area contributed by atoms with E-state index in [1.807, 2.05) is 100 Å². The van der Waals surface area contributed by atoms with E-state index in [1.165, 1.54) is 6.08 Å². The third-order valence-electron chi connectivity index (χ3n) is 6.10. The number of allylic oxidation sites excluding steroid dienone is 2. The second-order valence-electron chi connectivity index (χ2n) is 10.2. The van der Waals surface area contributed by atoms with E-state index < -0.39 is 0 Å². The summed E-state index contributed by atoms with van der Waals surface area (Å²) < 4.78 is 0. The van der Waals surface area contributed by atoms with Gasteiger partial charge in [0.1, 0.15) is 0 Å². The Kier molecular flexibility index (Phi) is 9.90. The van der Waals surface area contributed by atoms with Gasteiger partial charge in [-0.3, -0.25) is 14.6 Å². The average Bonchev–Trinajstić information content (AvgIpc) is 3.16. The van der Waals surface area contributed by atoms with Crippen molar-refractivity contribution >= 4 is 22.5 Å². The number of carbonyl (C=O) groups excluding carboxylic acids is 2. The van der Waals surface area contributed by atoms with Gasteiger partial charge in [0, 0.05) is 55.5 Å². The van der Waals surface area contributed by atoms with Gasteiger partial charge >= 0.3 is 0 Å². The van der Waals surface area contributed by atoms with Gasteiger partial charge in [0.05, 0.1) is 11.3 Å². The van der Waals surface area contributed by atoms with Gasteiger partial charge in [0.2, 0.25) is 0 Å². The van der Waals surface area contributed by atoms with Crippen LogP contribution in [0.3, 0.4) is 0 Å². The predicted molar refractivity (Wildman–Crippen MR) is 150 cm³/mol. The molecule has 0 saturated heterocycles. The van der Waals surface area contributed by atoms with Gasteiger partial charge in [-0.05, 0) is 34.7 Å². The van der Waals surface area contributed by atoms with Gasteiger partial charge in [-0.15, -0.1) is 35.9 Å². The molecule has 0 unspecified atom stereocenters. The van der Waals surface area contributed by atoms with Crippen LogP contribution in [0.4, 0.5) is 0 Å². The van der Waals surface area contributed by atoms with E-state index in [-0.39, 0.29) is 37.4 Å². The number of benzene rings is 3. The Morgan fingerprint density at radius 2 is 1.55 bits per heavy atom. The Hall–Kier alpha value is -3.40. The standard InChI is InChI=1S/C22H12NO.C11H20O2.Ir/c24-22-17-9-5-4-8-15(17)16-10-13-20-18(21(16)22)11-12-19(23-20)14-6-2-1-3-7-14;1-8(2)5-10(12)7-11(13)6-9(3)4;/h1-6,8-13H;7-9,12H,5-6H2,1-4H3;/q-1;;/b;10-7-;. The molecule has 1 aliphatic rings. The molecule has 1 aliphatic carbocycles. The van der Waals surface area contributed by atoms with Gasteiger partial charge in [-0.25, -0.2) is 0 Å². The van der Waals surface area contributed by atoms with Gasteiger partial charge in [0.25, 0.3) is 0 Å². The summed E-state index contributed by atoms with van der Waals surface area (Å²) in [5.41, 5.74) is 6.22. The largest absolute Gasteiger partial charge is 0.512 e. The van der Waals surface area contributed by atoms with Crippen LogP contribution in [0.2, 0.25) is 0 Å². The van der Waals surface area contributed by atoms with Crippen LogP contribution in [0.25, 0.3) is 33.3 Å². The zero-order chi connectivity index (χ0) is 26.5. The van der Waals surface area contributed by atoms with Crippen molar-refractivity contribution in [2.45, 2.75) is 40.5 Å². The average molecular weight is 683 g/mol. The van der Waals surface area contributed by atoms with E-state index in [4.69, 9.17) is 4.98 Å². The van der Waals surface area contributed by atoms with E-state index >= 15 is 0 Å². The molecule has 0 fully saturated rings. The number of ketones is 2. The fraction of sp³-hybridized carbons (Fsp3) is 0.242. The number of rotatable bonds is 6. The van der Waals surface area contributed by atoms with Gasteiger partial charge < -0.3 is 5.11 Å². The second kappa shape index (κ2) is 12.9. The Labute approximate surface area is 238 Å². The minimum absolute atomic E-state index is 0. The molecular weight excluding hydrogens is 651 g/mol. The molecule has 197 valence electrons. The summed E-state index contributed by atoms with van der Waals surface area (Å²) in [5, 5.41) is 10.3. The van der Waals surface area contributed by atoms with E-state index in [2.05, 4.69) is 6.07 Å². The van der Waals surface area contributed by atoms with E-state index in [0.717, 1.165) is 44.4 Å². The monoisotopic (exact) mass is 683 g/mol. The maximum atomic E-state index is 12.8. The Bertz CT molecular complexity index is 1470. The molecule has 0 spiro atoms. The van der Waals surface area contributed by atoms with Crippen molar-refractivity contribution in [1.29, 1.82) is 0 Å². The number of aliphatic hydroxyl groups excluding tert-OH is 1. The Balaban J connectivity index is 0.000000248. The zero-order valence-electron chi connectivity index (χ0n) is 22.1. The fourth-order valence-corrected chi connectivity index (χ4v) is 4.55. The number of pyridine rings is 1. The van der Waals surface area contributed by atoms with Crippen LogP contribution >= 0.6 is 0 Å². The first-order chi connectivity index (χ1) is 17.7. The summed E-state index contributed by atoms with van der Waals surface area (Å²) in [6, 6.07) is 26.7. The molecule has 1 heterocycles. The molecule has 3 aromatic carbocycles. The van der Waals surface area contributed by atoms with Crippen molar-refractivity contribution in [1.82, 2.24) is 4.98 Å². The van der Waals surface area contributed by atoms with Crippen LogP contribution in [0, 0.1) is 17.9 Å². The molecule has 1 aromatic heterocycles. The number of nitrogens with zero attached hydrogens (tertiary/aromatic N) is 1. The van der Waals surface area contributed by atoms with Crippen molar-refractivity contribution in [2.75, 3.05) is 0 Å². The summed E-state index contributed by atoms with van der Waals surface area (Å²) in [5.74, 6) is 1.07. The number of fused-ring (bicyclic) bond motifs is 5. The molecule has 38 heavy (non-hydrogen) atoms. The molecule has 0 saturated carbocycles. The first-order valence-corrected chi connectivity index (χ1v) is 12.7. The quantitative estimate of drug-likeness (QED) is 0.112. The van der Waals surface area contributed by atoms with Crippen LogP contribution in [-0.4, -0.2) is 21.7 Å². The van der Waals surface area contributed by atoms with E-state index in [0.29, 0.717) is 24.7 Å². The van der Waals surface area contributed by atoms with Gasteiger partial charge in [0.15, 0.2) is 11.6 Å². The molecule has 5 heteroatoms. The van der Waals surface area contributed by atoms with Crippen molar-refractivity contribution in [3.63, 3.8) is 0 Å². The first kappa shape index (κ1) is 29.2. The third kappa shape index (κ3) is 6.72. The molecular formula is C33H32IrNO3-. The minimum atomic E-state index is 0. The van der Waals surface area contributed by atoms with Crippen LogP contribution < -0.4 is 0 Å². The molecule has 1 radical (unpaired) electrons. The summed E-state index contributed by atoms with van der Waals surface area (Å²) in [4.78, 5) is 28.8. The second-order valence-corrected chi connectivity index (χ2v) is 10.2. The van der Waals surface area contributed by atoms with Gasteiger partial charge in [-0.2, -0.15) is 0 Å². The Morgan fingerprint density at radius 3 is 2.21 bits per heavy atom. The molecule has 5 rings (SSSR count). The smallest absolute Gasteiger partial charge is 0.194 e. The minimum Gasteiger partial charge on any atom is -0.512 e. The van der Waals surface area contributed by atoms with Crippen molar-refractivity contribution < 1.29 is 34.8 Å². The first-order valence-electron chi connectivity index (χ1n) is 12.7. The third-order valence-corrected chi connectivity index (χ3v) is 6.10. The van der Waals surface area contributed by atoms with Crippen LogP contribution in [0.5, 0.6) is 0 Å². The predicted octanol–water partition coefficient (Wildman–Crippen LogP) is 8.00. The molecule has 4 aromatic rings. The number of aliphatic hydroxyl groups is 1. The summed E-state index contributed by atoms with van der Waals surface area (Å²) >= 11 is 0. The molecule has 1 N–H and O–H groups in total. The SMILES string of the molecule is CC(C)CC(=O)/C=C(\O)CC(C)C.O=C1c2ccccc2-c2ccc3nc(-c4[c-]cccc4)ccc3c21.[Ir]. The van der Waals surface area contributed by atoms with Crippen molar-refractivity contribution in [2.24, 2.45) is 11.8 Å². The number of aromatic nitrogens is 1. The molecule has 0 amide bonds. The van der Waals surface area contributed by atoms with Crippen LogP contribution in [0.1, 0.15) is 56.5 Å². The van der Waals surface area contributed by atoms with Crippen molar-refractivity contribution in [3.05, 3.63) is 102 Å². The summed E-state index contributed by atoms with van der Waals surface area (Å²) in [6.45, 7) is 8.00. The van der Waals surface area contributed by atoms with Crippen molar-refractivity contribution in [3.8, 4) is 22.4 Å². The fourth-order valence-electron chi connectivity index (χ4n) is 4.55. The maximum absolute atomic E-state index is 12.8. The topological polar surface area (TPSA) is 67.3 Å². The Morgan fingerprint density at radius 1 is 0.868 bits per heavy atom. The molecule has 0 atom stereocenters. The summed E-state index contributed by atoms with van der Waals surface area (Å²) in [6.07, 6.45) is 2.46. The van der Waals surface area contributed by atoms with Gasteiger partial charge in [-0.1, -0.05) is 70.2 Å². The van der Waals surface area contributed by atoms with E-state index in [1.54, 1.807) is 0 Å². The normalized spacial score (nSPS) is 12.1. The maximum Gasteiger partial charge on any atom is 0.194 e. The molecule has 4 nitrogen and oxygen atoms in total. The number of carbonyl (C=O) groups is 2. The van der Waals surface area contributed by atoms with E-state index in [9.17, 15) is 14.7 Å². The van der Waals surface area contributed by atoms with Crippen LogP contribution in [0.15, 0.2) is 84.6 Å². The molecule has 0 aliphatic heterocycles. The number of hydrogen-bond acceptors (Lipinski definition) is 4. The summed E-state index contributed by atoms with van der Waals surface area (Å²) in [7, 11) is 0.